The van der Waals surface area contributed by atoms with Crippen molar-refractivity contribution in [1.82, 2.24) is 14.9 Å². The van der Waals surface area contributed by atoms with Gasteiger partial charge in [-0.2, -0.15) is 5.26 Å². The summed E-state index contributed by atoms with van der Waals surface area (Å²) >= 11 is 0. The Bertz CT molecular complexity index is 1250. The number of benzene rings is 1. The second-order valence-corrected chi connectivity index (χ2v) is 9.06. The molecule has 6 nitrogen and oxygen atoms in total. The minimum Gasteiger partial charge on any atom is -0.481 e. The van der Waals surface area contributed by atoms with Crippen molar-refractivity contribution < 1.29 is 9.53 Å². The molecule has 3 heterocycles. The van der Waals surface area contributed by atoms with Crippen molar-refractivity contribution in [3.8, 4) is 23.1 Å². The molecule has 34 heavy (non-hydrogen) atoms. The summed E-state index contributed by atoms with van der Waals surface area (Å²) in [5, 5.41) is 9.48. The van der Waals surface area contributed by atoms with Gasteiger partial charge in [0.25, 0.3) is 0 Å². The maximum Gasteiger partial charge on any atom is 0.226 e. The number of pyridine rings is 2. The summed E-state index contributed by atoms with van der Waals surface area (Å²) in [7, 11) is 3.39. The molecule has 1 aliphatic heterocycles. The van der Waals surface area contributed by atoms with E-state index in [2.05, 4.69) is 28.2 Å². The summed E-state index contributed by atoms with van der Waals surface area (Å²) in [5.74, 6) is 0.648. The molecule has 0 bridgehead atoms. The van der Waals surface area contributed by atoms with Gasteiger partial charge in [0.15, 0.2) is 0 Å². The second kappa shape index (κ2) is 9.48. The zero-order chi connectivity index (χ0) is 24.3. The van der Waals surface area contributed by atoms with Gasteiger partial charge < -0.3 is 9.64 Å². The van der Waals surface area contributed by atoms with E-state index in [1.165, 1.54) is 0 Å². The molecule has 2 aromatic heterocycles. The third-order valence-corrected chi connectivity index (χ3v) is 6.40. The van der Waals surface area contributed by atoms with Gasteiger partial charge in [0.2, 0.25) is 11.8 Å². The number of methoxy groups -OCH3 is 1. The largest absolute Gasteiger partial charge is 0.481 e. The fourth-order valence-electron chi connectivity index (χ4n) is 4.20. The molecule has 172 valence electrons. The molecule has 0 saturated heterocycles. The molecule has 0 spiro atoms. The third kappa shape index (κ3) is 4.69. The number of amides is 1. The third-order valence-electron chi connectivity index (χ3n) is 6.40. The van der Waals surface area contributed by atoms with Crippen LogP contribution >= 0.6 is 0 Å². The van der Waals surface area contributed by atoms with Gasteiger partial charge in [-0.05, 0) is 55.2 Å². The first-order valence-corrected chi connectivity index (χ1v) is 11.3. The molecule has 0 radical (unpaired) electrons. The number of carbonyl (C=O) groups is 1. The Kier molecular flexibility index (Phi) is 6.47. The van der Waals surface area contributed by atoms with Crippen molar-refractivity contribution >= 4 is 11.5 Å². The maximum absolute atomic E-state index is 12.5. The van der Waals surface area contributed by atoms with E-state index in [0.29, 0.717) is 18.7 Å². The van der Waals surface area contributed by atoms with Crippen LogP contribution in [0.5, 0.6) is 5.88 Å². The van der Waals surface area contributed by atoms with Crippen LogP contribution in [-0.2, 0) is 10.2 Å². The van der Waals surface area contributed by atoms with E-state index in [0.717, 1.165) is 33.5 Å². The van der Waals surface area contributed by atoms with Gasteiger partial charge in [-0.1, -0.05) is 24.3 Å². The van der Waals surface area contributed by atoms with Gasteiger partial charge in [-0.3, -0.25) is 9.78 Å². The van der Waals surface area contributed by atoms with Crippen LogP contribution in [0, 0.1) is 11.3 Å². The van der Waals surface area contributed by atoms with Crippen LogP contribution in [-0.4, -0.2) is 34.9 Å². The maximum atomic E-state index is 12.5. The zero-order valence-corrected chi connectivity index (χ0v) is 19.9. The Morgan fingerprint density at radius 3 is 2.50 bits per heavy atom. The highest BCUT2D eigenvalue weighted by molar-refractivity contribution is 5.83. The van der Waals surface area contributed by atoms with E-state index in [1.54, 1.807) is 31.5 Å². The number of carbonyl (C=O) groups excluding carboxylic acids is 1. The Balaban J connectivity index is 1.75. The van der Waals surface area contributed by atoms with Crippen molar-refractivity contribution in [2.45, 2.75) is 38.0 Å². The number of aromatic nitrogens is 2. The van der Waals surface area contributed by atoms with E-state index in [9.17, 15) is 10.1 Å². The average molecular weight is 453 g/mol. The van der Waals surface area contributed by atoms with Crippen molar-refractivity contribution in [3.63, 3.8) is 0 Å². The van der Waals surface area contributed by atoms with Gasteiger partial charge in [-0.15, -0.1) is 0 Å². The highest BCUT2D eigenvalue weighted by Gasteiger charge is 2.27. The summed E-state index contributed by atoms with van der Waals surface area (Å²) in [4.78, 5) is 23.2. The average Bonchev–Trinajstić information content (AvgIpc) is 3.02. The van der Waals surface area contributed by atoms with Crippen LogP contribution in [0.2, 0.25) is 0 Å². The highest BCUT2D eigenvalue weighted by atomic mass is 16.5. The normalized spacial score (nSPS) is 16.4. The van der Waals surface area contributed by atoms with E-state index < -0.39 is 5.41 Å². The predicted octanol–water partition coefficient (Wildman–Crippen LogP) is 5.33. The summed E-state index contributed by atoms with van der Waals surface area (Å²) in [5.41, 5.74) is 5.28. The first kappa shape index (κ1) is 23.2. The summed E-state index contributed by atoms with van der Waals surface area (Å²) in [6, 6.07) is 18.3. The lowest BCUT2D eigenvalue weighted by Gasteiger charge is -2.21. The Morgan fingerprint density at radius 1 is 1.09 bits per heavy atom. The Labute approximate surface area is 200 Å². The van der Waals surface area contributed by atoms with Gasteiger partial charge in [0.1, 0.15) is 0 Å². The first-order chi connectivity index (χ1) is 16.3. The molecule has 6 heteroatoms. The number of rotatable bonds is 5. The van der Waals surface area contributed by atoms with Crippen molar-refractivity contribution in [3.05, 3.63) is 83.9 Å². The second-order valence-electron chi connectivity index (χ2n) is 9.06. The Morgan fingerprint density at radius 2 is 1.85 bits per heavy atom. The van der Waals surface area contributed by atoms with Crippen LogP contribution < -0.4 is 4.74 Å². The predicted molar refractivity (Wildman–Crippen MR) is 132 cm³/mol. The minimum atomic E-state index is -0.556. The number of nitrogens with zero attached hydrogens (tertiary/aromatic N) is 4. The van der Waals surface area contributed by atoms with Crippen molar-refractivity contribution in [2.75, 3.05) is 14.2 Å². The van der Waals surface area contributed by atoms with Crippen LogP contribution in [0.15, 0.2) is 67.1 Å². The molecule has 0 aliphatic carbocycles. The highest BCUT2D eigenvalue weighted by Crippen LogP contribution is 2.39. The van der Waals surface area contributed by atoms with E-state index in [4.69, 9.17) is 4.74 Å². The monoisotopic (exact) mass is 452 g/mol. The van der Waals surface area contributed by atoms with Crippen LogP contribution in [0.1, 0.15) is 49.4 Å². The van der Waals surface area contributed by atoms with Gasteiger partial charge in [-0.25, -0.2) is 4.98 Å². The number of hydrogen-bond acceptors (Lipinski definition) is 5. The molecule has 4 rings (SSSR count). The fraction of sp³-hybridized carbons (Fsp3) is 0.286. The van der Waals surface area contributed by atoms with Crippen LogP contribution in [0.3, 0.4) is 0 Å². The van der Waals surface area contributed by atoms with Gasteiger partial charge in [0, 0.05) is 55.2 Å². The molecule has 1 atom stereocenters. The number of ether oxygens (including phenoxy) is 1. The molecule has 1 amide bonds. The van der Waals surface area contributed by atoms with Crippen LogP contribution in [0.4, 0.5) is 0 Å². The molecule has 1 aliphatic rings. The van der Waals surface area contributed by atoms with Gasteiger partial charge >= 0.3 is 0 Å². The summed E-state index contributed by atoms with van der Waals surface area (Å²) in [6.45, 7) is 3.83. The molecule has 1 aromatic carbocycles. The quantitative estimate of drug-likeness (QED) is 0.523. The number of allylic oxidation sites excluding steroid dienone is 1. The fourth-order valence-corrected chi connectivity index (χ4v) is 4.20. The van der Waals surface area contributed by atoms with E-state index in [1.807, 2.05) is 56.4 Å². The number of hydrogen-bond donors (Lipinski definition) is 0. The van der Waals surface area contributed by atoms with Crippen LogP contribution in [0.25, 0.3) is 16.7 Å². The van der Waals surface area contributed by atoms with Crippen molar-refractivity contribution in [2.24, 2.45) is 0 Å². The smallest absolute Gasteiger partial charge is 0.226 e. The minimum absolute atomic E-state index is 0.00453. The standard InChI is InChI=1S/C28H28N4O2/c1-28(2,18-29)22-8-5-19(6-9-22)23-10-12-27(33)32(3)17-24(23)25-15-20(13-14-30-25)21-7-11-26(34-4)31-16-21/h5-9,11,13-17,23H,10,12H2,1-4H3. The molecule has 1 unspecified atom stereocenters. The lowest BCUT2D eigenvalue weighted by molar-refractivity contribution is -0.127. The SMILES string of the molecule is COc1ccc(-c2ccnc(C3=CN(C)C(=O)CCC3c3ccc(C(C)(C)C#N)cc3)c2)cn1. The molecule has 0 saturated carbocycles. The summed E-state index contributed by atoms with van der Waals surface area (Å²) in [6.07, 6.45) is 6.62. The summed E-state index contributed by atoms with van der Waals surface area (Å²) < 4.78 is 5.17. The zero-order valence-electron chi connectivity index (χ0n) is 19.9. The van der Waals surface area contributed by atoms with E-state index >= 15 is 0 Å². The molecule has 0 N–H and O–H groups in total. The Hall–Kier alpha value is -3.98. The lowest BCUT2D eigenvalue weighted by atomic mass is 9.82. The molecule has 0 fully saturated rings. The van der Waals surface area contributed by atoms with Gasteiger partial charge in [0.05, 0.1) is 24.3 Å². The van der Waals surface area contributed by atoms with Crippen molar-refractivity contribution in [1.29, 1.82) is 5.26 Å². The number of nitriles is 1. The molecular formula is C28H28N4O2. The van der Waals surface area contributed by atoms with E-state index in [-0.39, 0.29) is 11.8 Å². The molecular weight excluding hydrogens is 424 g/mol. The lowest BCUT2D eigenvalue weighted by Crippen LogP contribution is -2.19. The molecule has 3 aromatic rings. The topological polar surface area (TPSA) is 79.1 Å². The first-order valence-electron chi connectivity index (χ1n) is 11.3.